The van der Waals surface area contributed by atoms with E-state index in [4.69, 9.17) is 0 Å². The van der Waals surface area contributed by atoms with Crippen LogP contribution in [0.15, 0.2) is 12.2 Å². The van der Waals surface area contributed by atoms with E-state index >= 15 is 0 Å². The first-order valence-electron chi connectivity index (χ1n) is 4.93. The van der Waals surface area contributed by atoms with Crippen molar-refractivity contribution >= 4 is 6.29 Å². The van der Waals surface area contributed by atoms with Gasteiger partial charge in [0.15, 0.2) is 0 Å². The SMILES string of the molecule is CCCCCCC=CC(C)C=O. The van der Waals surface area contributed by atoms with E-state index in [1.54, 1.807) is 0 Å². The number of hydrogen-bond donors (Lipinski definition) is 0. The predicted octanol–water partition coefficient (Wildman–Crippen LogP) is 3.35. The summed E-state index contributed by atoms with van der Waals surface area (Å²) in [5.74, 6) is 0.0937. The average molecular weight is 168 g/mol. The van der Waals surface area contributed by atoms with Gasteiger partial charge in [-0.05, 0) is 12.8 Å². The van der Waals surface area contributed by atoms with E-state index in [0.717, 1.165) is 12.7 Å². The zero-order valence-corrected chi connectivity index (χ0v) is 8.25. The quantitative estimate of drug-likeness (QED) is 0.324. The lowest BCUT2D eigenvalue weighted by Crippen LogP contribution is -1.88. The monoisotopic (exact) mass is 168 g/mol. The molecule has 0 fully saturated rings. The third-order valence-corrected chi connectivity index (χ3v) is 1.88. The van der Waals surface area contributed by atoms with Gasteiger partial charge in [0.25, 0.3) is 0 Å². The molecule has 0 aliphatic heterocycles. The molecule has 0 aromatic heterocycles. The molecule has 0 saturated carbocycles. The molecule has 0 amide bonds. The molecule has 0 spiro atoms. The minimum absolute atomic E-state index is 0.0937. The highest BCUT2D eigenvalue weighted by molar-refractivity contribution is 5.55. The van der Waals surface area contributed by atoms with Gasteiger partial charge < -0.3 is 4.79 Å². The molecule has 1 nitrogen and oxygen atoms in total. The minimum Gasteiger partial charge on any atom is -0.303 e. The van der Waals surface area contributed by atoms with Gasteiger partial charge in [-0.25, -0.2) is 0 Å². The Labute approximate surface area is 75.9 Å². The Bertz CT molecular complexity index is 127. The van der Waals surface area contributed by atoms with Crippen molar-refractivity contribution in [2.24, 2.45) is 5.92 Å². The van der Waals surface area contributed by atoms with E-state index in [9.17, 15) is 4.79 Å². The molecular formula is C11H20O. The summed E-state index contributed by atoms with van der Waals surface area (Å²) in [7, 11) is 0. The fourth-order valence-electron chi connectivity index (χ4n) is 1.05. The van der Waals surface area contributed by atoms with Crippen LogP contribution in [0.5, 0.6) is 0 Å². The van der Waals surface area contributed by atoms with Gasteiger partial charge in [0, 0.05) is 5.92 Å². The fourth-order valence-corrected chi connectivity index (χ4v) is 1.05. The molecule has 0 N–H and O–H groups in total. The Kier molecular flexibility index (Phi) is 8.09. The van der Waals surface area contributed by atoms with Crippen LogP contribution in [0, 0.1) is 5.92 Å². The number of unbranched alkanes of at least 4 members (excludes halogenated alkanes) is 4. The molecule has 1 unspecified atom stereocenters. The largest absolute Gasteiger partial charge is 0.303 e. The van der Waals surface area contributed by atoms with Crippen molar-refractivity contribution in [3.8, 4) is 0 Å². The molecule has 0 heterocycles. The standard InChI is InChI=1S/C11H20O/c1-3-4-5-6-7-8-9-11(2)10-12/h8-11H,3-7H2,1-2H3. The highest BCUT2D eigenvalue weighted by atomic mass is 16.1. The molecule has 1 atom stereocenters. The van der Waals surface area contributed by atoms with Gasteiger partial charge in [-0.2, -0.15) is 0 Å². The van der Waals surface area contributed by atoms with E-state index in [-0.39, 0.29) is 5.92 Å². The van der Waals surface area contributed by atoms with Crippen LogP contribution >= 0.6 is 0 Å². The lowest BCUT2D eigenvalue weighted by atomic mass is 10.1. The smallest absolute Gasteiger partial charge is 0.126 e. The summed E-state index contributed by atoms with van der Waals surface area (Å²) in [4.78, 5) is 10.2. The van der Waals surface area contributed by atoms with Crippen molar-refractivity contribution < 1.29 is 4.79 Å². The first kappa shape index (κ1) is 11.4. The fraction of sp³-hybridized carbons (Fsp3) is 0.727. The minimum atomic E-state index is 0.0937. The van der Waals surface area contributed by atoms with Crippen LogP contribution in [0.2, 0.25) is 0 Å². The van der Waals surface area contributed by atoms with Gasteiger partial charge in [0.2, 0.25) is 0 Å². The first-order chi connectivity index (χ1) is 5.81. The molecule has 0 saturated heterocycles. The van der Waals surface area contributed by atoms with Crippen LogP contribution in [0.4, 0.5) is 0 Å². The van der Waals surface area contributed by atoms with E-state index in [1.165, 1.54) is 25.7 Å². The summed E-state index contributed by atoms with van der Waals surface area (Å²) in [6, 6.07) is 0. The van der Waals surface area contributed by atoms with Gasteiger partial charge >= 0.3 is 0 Å². The summed E-state index contributed by atoms with van der Waals surface area (Å²) in [5, 5.41) is 0. The second kappa shape index (κ2) is 8.51. The van der Waals surface area contributed by atoms with Gasteiger partial charge in [-0.1, -0.05) is 45.3 Å². The van der Waals surface area contributed by atoms with Gasteiger partial charge in [0.1, 0.15) is 6.29 Å². The zero-order chi connectivity index (χ0) is 9.23. The van der Waals surface area contributed by atoms with E-state index in [0.29, 0.717) is 0 Å². The lowest BCUT2D eigenvalue weighted by molar-refractivity contribution is -0.109. The second-order valence-electron chi connectivity index (χ2n) is 3.27. The van der Waals surface area contributed by atoms with Crippen LogP contribution in [0.3, 0.4) is 0 Å². The van der Waals surface area contributed by atoms with Crippen LogP contribution in [0.25, 0.3) is 0 Å². The van der Waals surface area contributed by atoms with Gasteiger partial charge in [-0.3, -0.25) is 0 Å². The Morgan fingerprint density at radius 1 is 1.25 bits per heavy atom. The third kappa shape index (κ3) is 7.52. The molecule has 0 rings (SSSR count). The maximum absolute atomic E-state index is 10.2. The first-order valence-corrected chi connectivity index (χ1v) is 4.93. The summed E-state index contributed by atoms with van der Waals surface area (Å²) in [6.07, 6.45) is 11.4. The highest BCUT2D eigenvalue weighted by Crippen LogP contribution is 2.03. The zero-order valence-electron chi connectivity index (χ0n) is 8.25. The summed E-state index contributed by atoms with van der Waals surface area (Å²) >= 11 is 0. The van der Waals surface area contributed by atoms with E-state index in [1.807, 2.05) is 13.0 Å². The van der Waals surface area contributed by atoms with Crippen LogP contribution in [0.1, 0.15) is 46.0 Å². The Morgan fingerprint density at radius 3 is 2.58 bits per heavy atom. The molecule has 70 valence electrons. The molecule has 0 aromatic rings. The van der Waals surface area contributed by atoms with E-state index < -0.39 is 0 Å². The topological polar surface area (TPSA) is 17.1 Å². The van der Waals surface area contributed by atoms with Gasteiger partial charge in [-0.15, -0.1) is 0 Å². The number of hydrogen-bond acceptors (Lipinski definition) is 1. The molecule has 0 aromatic carbocycles. The number of carbonyl (C=O) groups is 1. The van der Waals surface area contributed by atoms with Crippen molar-refractivity contribution in [1.82, 2.24) is 0 Å². The highest BCUT2D eigenvalue weighted by Gasteiger charge is 1.90. The molecule has 0 bridgehead atoms. The molecule has 12 heavy (non-hydrogen) atoms. The number of aldehydes is 1. The predicted molar refractivity (Wildman–Crippen MR) is 53.1 cm³/mol. The molecular weight excluding hydrogens is 148 g/mol. The maximum Gasteiger partial charge on any atom is 0.126 e. The third-order valence-electron chi connectivity index (χ3n) is 1.88. The Hall–Kier alpha value is -0.590. The molecule has 0 aliphatic rings. The lowest BCUT2D eigenvalue weighted by Gasteiger charge is -1.95. The van der Waals surface area contributed by atoms with E-state index in [2.05, 4.69) is 13.0 Å². The Morgan fingerprint density at radius 2 is 2.00 bits per heavy atom. The Balaban J connectivity index is 3.18. The normalized spacial score (nSPS) is 13.5. The van der Waals surface area contributed by atoms with Crippen molar-refractivity contribution in [2.45, 2.75) is 46.0 Å². The van der Waals surface area contributed by atoms with Crippen molar-refractivity contribution in [2.75, 3.05) is 0 Å². The van der Waals surface area contributed by atoms with Crippen molar-refractivity contribution in [3.05, 3.63) is 12.2 Å². The summed E-state index contributed by atoms with van der Waals surface area (Å²) in [6.45, 7) is 4.12. The van der Waals surface area contributed by atoms with Crippen molar-refractivity contribution in [1.29, 1.82) is 0 Å². The summed E-state index contributed by atoms with van der Waals surface area (Å²) in [5.41, 5.74) is 0. The maximum atomic E-state index is 10.2. The molecule has 1 heteroatoms. The number of carbonyl (C=O) groups excluding carboxylic acids is 1. The molecule has 0 radical (unpaired) electrons. The van der Waals surface area contributed by atoms with Gasteiger partial charge in [0.05, 0.1) is 0 Å². The second-order valence-corrected chi connectivity index (χ2v) is 3.27. The summed E-state index contributed by atoms with van der Waals surface area (Å²) < 4.78 is 0. The van der Waals surface area contributed by atoms with Crippen LogP contribution < -0.4 is 0 Å². The van der Waals surface area contributed by atoms with Crippen LogP contribution in [-0.2, 0) is 4.79 Å². The van der Waals surface area contributed by atoms with Crippen molar-refractivity contribution in [3.63, 3.8) is 0 Å². The average Bonchev–Trinajstić information content (AvgIpc) is 2.10. The number of allylic oxidation sites excluding steroid dienone is 2. The number of rotatable bonds is 7. The molecule has 0 aliphatic carbocycles. The van der Waals surface area contributed by atoms with Crippen LogP contribution in [-0.4, -0.2) is 6.29 Å².